The van der Waals surface area contributed by atoms with Gasteiger partial charge >= 0.3 is 11.8 Å². The number of fused-ring (bicyclic) bond motifs is 1. The molecule has 4 aromatic rings. The number of amides is 3. The highest BCUT2D eigenvalue weighted by molar-refractivity contribution is 9.10. The lowest BCUT2D eigenvalue weighted by Gasteiger charge is -2.13. The minimum absolute atomic E-state index is 0.156. The van der Waals surface area contributed by atoms with Gasteiger partial charge in [-0.3, -0.25) is 19.8 Å². The van der Waals surface area contributed by atoms with Crippen LogP contribution in [0.3, 0.4) is 0 Å². The second kappa shape index (κ2) is 10.7. The highest BCUT2D eigenvalue weighted by Crippen LogP contribution is 2.24. The van der Waals surface area contributed by atoms with E-state index in [1.807, 2.05) is 13.0 Å². The molecule has 10 heteroatoms. The van der Waals surface area contributed by atoms with Crippen molar-refractivity contribution in [2.45, 2.75) is 6.92 Å². The second-order valence-corrected chi connectivity index (χ2v) is 9.21. The van der Waals surface area contributed by atoms with Gasteiger partial charge < -0.3 is 15.4 Å². The van der Waals surface area contributed by atoms with Crippen molar-refractivity contribution >= 4 is 71.9 Å². The molecule has 35 heavy (non-hydrogen) atoms. The molecule has 1 heterocycles. The van der Waals surface area contributed by atoms with Gasteiger partial charge in [0.05, 0.1) is 12.1 Å². The quantitative estimate of drug-likeness (QED) is 0.254. The number of hydrogen-bond acceptors (Lipinski definition) is 4. The molecule has 8 nitrogen and oxygen atoms in total. The number of hydrogen-bond donors (Lipinski definition) is 3. The van der Waals surface area contributed by atoms with Crippen molar-refractivity contribution in [2.24, 2.45) is 0 Å². The number of ether oxygens (including phenoxy) is 1. The summed E-state index contributed by atoms with van der Waals surface area (Å²) in [6, 6.07) is 20.7. The minimum atomic E-state index is -0.933. The van der Waals surface area contributed by atoms with Crippen molar-refractivity contribution in [3.63, 3.8) is 0 Å². The fourth-order valence-corrected chi connectivity index (χ4v) is 3.99. The van der Waals surface area contributed by atoms with Crippen LogP contribution in [0.1, 0.15) is 17.4 Å². The van der Waals surface area contributed by atoms with Gasteiger partial charge in [0, 0.05) is 25.7 Å². The summed E-state index contributed by atoms with van der Waals surface area (Å²) in [5, 5.41) is 6.05. The predicted molar refractivity (Wildman–Crippen MR) is 142 cm³/mol. The summed E-state index contributed by atoms with van der Waals surface area (Å²) in [7, 11) is 0. The maximum absolute atomic E-state index is 13.1. The van der Waals surface area contributed by atoms with Gasteiger partial charge in [-0.15, -0.1) is 0 Å². The lowest BCUT2D eigenvalue weighted by Crippen LogP contribution is -2.36. The number of benzene rings is 3. The van der Waals surface area contributed by atoms with E-state index in [4.69, 9.17) is 4.74 Å². The van der Waals surface area contributed by atoms with E-state index in [-0.39, 0.29) is 5.69 Å². The molecule has 0 saturated heterocycles. The van der Waals surface area contributed by atoms with Crippen LogP contribution in [0.15, 0.2) is 81.7 Å². The Morgan fingerprint density at radius 1 is 0.800 bits per heavy atom. The molecule has 0 spiro atoms. The second-order valence-electron chi connectivity index (χ2n) is 7.38. The Morgan fingerprint density at radius 2 is 1.43 bits per heavy atom. The minimum Gasteiger partial charge on any atom is -0.494 e. The van der Waals surface area contributed by atoms with E-state index in [2.05, 4.69) is 47.9 Å². The number of nitrogens with one attached hydrogen (secondary N) is 3. The topological polar surface area (TPSA) is 101 Å². The molecule has 1 aromatic heterocycles. The Balaban J connectivity index is 1.57. The molecule has 0 unspecified atom stereocenters. The monoisotopic (exact) mass is 598 g/mol. The maximum atomic E-state index is 13.1. The average molecular weight is 600 g/mol. The molecular formula is C25H20Br2N4O4. The summed E-state index contributed by atoms with van der Waals surface area (Å²) in [6.07, 6.45) is 0. The Kier molecular flexibility index (Phi) is 7.52. The van der Waals surface area contributed by atoms with E-state index < -0.39 is 17.7 Å². The van der Waals surface area contributed by atoms with E-state index in [0.29, 0.717) is 34.6 Å². The normalized spacial score (nSPS) is 10.6. The number of carbonyl (C=O) groups excluding carboxylic acids is 3. The van der Waals surface area contributed by atoms with E-state index in [9.17, 15) is 14.4 Å². The molecule has 0 aliphatic rings. The number of halogens is 2. The zero-order valence-electron chi connectivity index (χ0n) is 18.5. The lowest BCUT2D eigenvalue weighted by atomic mass is 10.2. The maximum Gasteiger partial charge on any atom is 0.328 e. The third kappa shape index (κ3) is 5.90. The first-order valence-electron chi connectivity index (χ1n) is 10.6. The van der Waals surface area contributed by atoms with E-state index in [1.54, 1.807) is 66.7 Å². The van der Waals surface area contributed by atoms with Crippen LogP contribution in [0.4, 0.5) is 11.4 Å². The van der Waals surface area contributed by atoms with Crippen molar-refractivity contribution in [1.82, 2.24) is 4.68 Å². The summed E-state index contributed by atoms with van der Waals surface area (Å²) >= 11 is 6.78. The molecule has 0 aliphatic heterocycles. The molecule has 0 radical (unpaired) electrons. The first-order chi connectivity index (χ1) is 16.8. The number of aromatic nitrogens is 1. The molecule has 3 N–H and O–H groups in total. The fourth-order valence-electron chi connectivity index (χ4n) is 3.34. The molecule has 0 fully saturated rings. The smallest absolute Gasteiger partial charge is 0.328 e. The number of carbonyl (C=O) groups is 3. The standard InChI is InChI=1S/C25H20Br2N4O4/c1-2-35-20-10-8-19(9-11-20)29-24(33)25(34)30-31-21-12-5-17(27)13-15(21)14-22(31)23(32)28-18-6-3-16(26)4-7-18/h3-14H,2H2,1H3,(H,28,32)(H,29,33)(H,30,34). The number of anilines is 2. The van der Waals surface area contributed by atoms with Crippen molar-refractivity contribution < 1.29 is 19.1 Å². The zero-order valence-corrected chi connectivity index (χ0v) is 21.6. The first kappa shape index (κ1) is 24.5. The molecule has 0 atom stereocenters. The van der Waals surface area contributed by atoms with Gasteiger partial charge in [-0.05, 0) is 79.7 Å². The lowest BCUT2D eigenvalue weighted by molar-refractivity contribution is -0.133. The Bertz CT molecular complexity index is 1400. The fraction of sp³-hybridized carbons (Fsp3) is 0.0800. The summed E-state index contributed by atoms with van der Waals surface area (Å²) in [5.41, 5.74) is 4.26. The average Bonchev–Trinajstić information content (AvgIpc) is 3.19. The first-order valence-corrected chi connectivity index (χ1v) is 12.2. The SMILES string of the molecule is CCOc1ccc(NC(=O)C(=O)Nn2c(C(=O)Nc3ccc(Br)cc3)cc3cc(Br)ccc32)cc1. The summed E-state index contributed by atoms with van der Waals surface area (Å²) in [4.78, 5) is 38.4. The van der Waals surface area contributed by atoms with Gasteiger partial charge in [-0.1, -0.05) is 31.9 Å². The molecule has 0 bridgehead atoms. The summed E-state index contributed by atoms with van der Waals surface area (Å²) < 4.78 is 8.36. The van der Waals surface area contributed by atoms with Crippen LogP contribution >= 0.6 is 31.9 Å². The van der Waals surface area contributed by atoms with Crippen molar-refractivity contribution in [3.8, 4) is 5.75 Å². The molecule has 0 aliphatic carbocycles. The number of nitrogens with zero attached hydrogens (tertiary/aromatic N) is 1. The Labute approximate surface area is 217 Å². The summed E-state index contributed by atoms with van der Waals surface area (Å²) in [6.45, 7) is 2.39. The van der Waals surface area contributed by atoms with E-state index in [1.165, 1.54) is 4.68 Å². The van der Waals surface area contributed by atoms with Gasteiger partial charge in [0.2, 0.25) is 0 Å². The predicted octanol–water partition coefficient (Wildman–Crippen LogP) is 5.53. The molecule has 3 aromatic carbocycles. The Hall–Kier alpha value is -3.63. The van der Waals surface area contributed by atoms with Gasteiger partial charge in [-0.25, -0.2) is 4.68 Å². The van der Waals surface area contributed by atoms with Crippen molar-refractivity contribution in [1.29, 1.82) is 0 Å². The van der Waals surface area contributed by atoms with Crippen LogP contribution in [-0.2, 0) is 9.59 Å². The van der Waals surface area contributed by atoms with Crippen LogP contribution in [0.25, 0.3) is 10.9 Å². The highest BCUT2D eigenvalue weighted by atomic mass is 79.9. The van der Waals surface area contributed by atoms with E-state index >= 15 is 0 Å². The highest BCUT2D eigenvalue weighted by Gasteiger charge is 2.21. The molecule has 178 valence electrons. The third-order valence-electron chi connectivity index (χ3n) is 4.94. The van der Waals surface area contributed by atoms with Gasteiger partial charge in [0.25, 0.3) is 5.91 Å². The van der Waals surface area contributed by atoms with Crippen molar-refractivity contribution in [2.75, 3.05) is 22.7 Å². The third-order valence-corrected chi connectivity index (χ3v) is 5.96. The number of rotatable bonds is 6. The summed E-state index contributed by atoms with van der Waals surface area (Å²) in [5.74, 6) is -1.61. The van der Waals surface area contributed by atoms with Gasteiger partial charge in [0.1, 0.15) is 11.4 Å². The van der Waals surface area contributed by atoms with Crippen LogP contribution in [0.2, 0.25) is 0 Å². The van der Waals surface area contributed by atoms with Crippen molar-refractivity contribution in [3.05, 3.63) is 87.4 Å². The van der Waals surface area contributed by atoms with Crippen LogP contribution < -0.4 is 20.8 Å². The molecule has 0 saturated carbocycles. The van der Waals surface area contributed by atoms with Crippen LogP contribution in [-0.4, -0.2) is 29.0 Å². The zero-order chi connectivity index (χ0) is 24.9. The molecular weight excluding hydrogens is 580 g/mol. The van der Waals surface area contributed by atoms with Gasteiger partial charge in [0.15, 0.2) is 0 Å². The largest absolute Gasteiger partial charge is 0.494 e. The Morgan fingerprint density at radius 3 is 2.11 bits per heavy atom. The van der Waals surface area contributed by atoms with E-state index in [0.717, 1.165) is 8.95 Å². The van der Waals surface area contributed by atoms with Gasteiger partial charge in [-0.2, -0.15) is 0 Å². The van der Waals surface area contributed by atoms with Crippen LogP contribution in [0.5, 0.6) is 5.75 Å². The molecule has 4 rings (SSSR count). The van der Waals surface area contributed by atoms with Crippen LogP contribution in [0, 0.1) is 0 Å². The molecule has 3 amide bonds.